The number of imide groups is 1. The molecule has 3 N–H and O–H groups in total. The Hall–Kier alpha value is -4.35. The molecule has 0 saturated carbocycles. The third-order valence-electron chi connectivity index (χ3n) is 6.86. The van der Waals surface area contributed by atoms with Crippen molar-refractivity contribution in [2.45, 2.75) is 25.5 Å². The van der Waals surface area contributed by atoms with Gasteiger partial charge < -0.3 is 20.3 Å². The number of pyridine rings is 2. The molecule has 2 aliphatic rings. The summed E-state index contributed by atoms with van der Waals surface area (Å²) < 4.78 is 20.8. The maximum absolute atomic E-state index is 13.7. The second-order valence-corrected chi connectivity index (χ2v) is 8.98. The third kappa shape index (κ3) is 3.88. The number of amides is 2. The second-order valence-electron chi connectivity index (χ2n) is 8.98. The summed E-state index contributed by atoms with van der Waals surface area (Å²) in [5, 5.41) is 22.7. The van der Waals surface area contributed by atoms with Gasteiger partial charge in [0.15, 0.2) is 0 Å². The van der Waals surface area contributed by atoms with Gasteiger partial charge in [0, 0.05) is 30.4 Å². The van der Waals surface area contributed by atoms with E-state index in [0.29, 0.717) is 52.9 Å². The minimum Gasteiger partial charge on any atom is -0.465 e. The van der Waals surface area contributed by atoms with Crippen molar-refractivity contribution in [3.05, 3.63) is 77.0 Å². The highest BCUT2D eigenvalue weighted by Crippen LogP contribution is 2.39. The molecule has 37 heavy (non-hydrogen) atoms. The summed E-state index contributed by atoms with van der Waals surface area (Å²) in [5.74, 6) is -0.512. The zero-order valence-corrected chi connectivity index (χ0v) is 19.5. The van der Waals surface area contributed by atoms with Crippen LogP contribution < -0.4 is 5.32 Å². The lowest BCUT2D eigenvalue weighted by Crippen LogP contribution is -2.29. The van der Waals surface area contributed by atoms with Crippen LogP contribution in [0.15, 0.2) is 48.8 Å². The summed E-state index contributed by atoms with van der Waals surface area (Å²) in [6.45, 7) is 0.848. The van der Waals surface area contributed by atoms with Crippen molar-refractivity contribution < 1.29 is 28.9 Å². The van der Waals surface area contributed by atoms with Crippen LogP contribution in [-0.2, 0) is 17.9 Å². The molecule has 0 aliphatic carbocycles. The van der Waals surface area contributed by atoms with E-state index in [1.165, 1.54) is 18.3 Å². The number of halogens is 1. The largest absolute Gasteiger partial charge is 0.465 e. The second kappa shape index (κ2) is 8.95. The van der Waals surface area contributed by atoms with Gasteiger partial charge in [0.25, 0.3) is 5.91 Å². The summed E-state index contributed by atoms with van der Waals surface area (Å²) >= 11 is 0. The molecule has 188 valence electrons. The van der Waals surface area contributed by atoms with Crippen molar-refractivity contribution in [3.63, 3.8) is 0 Å². The normalized spacial score (nSPS) is 17.0. The highest BCUT2D eigenvalue weighted by Gasteiger charge is 2.37. The quantitative estimate of drug-likeness (QED) is 0.374. The highest BCUT2D eigenvalue weighted by molar-refractivity contribution is 6.11. The number of nitrogens with one attached hydrogen (secondary N) is 1. The van der Waals surface area contributed by atoms with Crippen LogP contribution >= 0.6 is 0 Å². The molecule has 10 nitrogen and oxygen atoms in total. The average molecular weight is 503 g/mol. The molecule has 4 aromatic rings. The Morgan fingerprint density at radius 2 is 2.11 bits per heavy atom. The lowest BCUT2D eigenvalue weighted by molar-refractivity contribution is 0.0764. The van der Waals surface area contributed by atoms with E-state index >= 15 is 0 Å². The van der Waals surface area contributed by atoms with Crippen molar-refractivity contribution in [3.8, 4) is 11.3 Å². The Bertz CT molecular complexity index is 1560. The zero-order valence-electron chi connectivity index (χ0n) is 19.5. The molecule has 0 bridgehead atoms. The smallest absolute Gasteiger partial charge is 0.414 e. The summed E-state index contributed by atoms with van der Waals surface area (Å²) in [4.78, 5) is 34.6. The fourth-order valence-corrected chi connectivity index (χ4v) is 5.07. The number of imidazole rings is 1. The van der Waals surface area contributed by atoms with Crippen LogP contribution in [0.1, 0.15) is 39.5 Å². The lowest BCUT2D eigenvalue weighted by atomic mass is 9.97. The number of benzene rings is 1. The van der Waals surface area contributed by atoms with E-state index in [0.717, 1.165) is 16.9 Å². The number of ether oxygens (including phenoxy) is 1. The first-order chi connectivity index (χ1) is 17.9. The maximum Gasteiger partial charge on any atom is 0.414 e. The molecule has 2 amide bonds. The lowest BCUT2D eigenvalue weighted by Gasteiger charge is -2.16. The van der Waals surface area contributed by atoms with Crippen LogP contribution in [0.2, 0.25) is 0 Å². The number of aliphatic hydroxyl groups excluding tert-OH is 1. The van der Waals surface area contributed by atoms with Gasteiger partial charge in [-0.15, -0.1) is 0 Å². The van der Waals surface area contributed by atoms with Crippen molar-refractivity contribution in [1.82, 2.24) is 19.3 Å². The Labute approximate surface area is 210 Å². The minimum atomic E-state index is -1.36. The number of carboxylic acid groups (broad SMARTS) is 1. The van der Waals surface area contributed by atoms with Gasteiger partial charge in [-0.05, 0) is 35.7 Å². The van der Waals surface area contributed by atoms with Crippen LogP contribution in [0.3, 0.4) is 0 Å². The van der Waals surface area contributed by atoms with Crippen LogP contribution in [0, 0.1) is 5.82 Å². The van der Waals surface area contributed by atoms with Gasteiger partial charge in [0.1, 0.15) is 17.3 Å². The number of rotatable bonds is 5. The molecular formula is C26H22FN5O5. The predicted octanol–water partition coefficient (Wildman–Crippen LogP) is 3.91. The van der Waals surface area contributed by atoms with E-state index in [9.17, 15) is 24.2 Å². The zero-order chi connectivity index (χ0) is 25.7. The Morgan fingerprint density at radius 3 is 2.86 bits per heavy atom. The molecule has 3 aromatic heterocycles. The highest BCUT2D eigenvalue weighted by atomic mass is 19.1. The molecule has 0 radical (unpaired) electrons. The van der Waals surface area contributed by atoms with Gasteiger partial charge >= 0.3 is 6.09 Å². The maximum atomic E-state index is 13.7. The molecule has 5 heterocycles. The van der Waals surface area contributed by atoms with Crippen LogP contribution in [0.25, 0.3) is 16.9 Å². The van der Waals surface area contributed by atoms with Gasteiger partial charge in [-0.1, -0.05) is 12.1 Å². The molecule has 1 fully saturated rings. The number of anilines is 2. The van der Waals surface area contributed by atoms with Crippen molar-refractivity contribution in [2.24, 2.45) is 0 Å². The SMILES string of the molecule is O=C(O)N1Cc2c(-c3cnc4cc(F)ccn34)ccc(Nc3ccc(C4CCOC4)c(CO)n3)c2C1=O. The third-order valence-corrected chi connectivity index (χ3v) is 6.86. The Morgan fingerprint density at radius 1 is 1.24 bits per heavy atom. The Kier molecular flexibility index (Phi) is 5.58. The molecule has 1 aromatic carbocycles. The molecule has 1 atom stereocenters. The van der Waals surface area contributed by atoms with Crippen molar-refractivity contribution in [2.75, 3.05) is 18.5 Å². The van der Waals surface area contributed by atoms with Gasteiger partial charge in [-0.2, -0.15) is 0 Å². The fraction of sp³-hybridized carbons (Fsp3) is 0.231. The summed E-state index contributed by atoms with van der Waals surface area (Å²) in [6, 6.07) is 9.69. The fourth-order valence-electron chi connectivity index (χ4n) is 5.07. The van der Waals surface area contributed by atoms with E-state index in [-0.39, 0.29) is 24.6 Å². The minimum absolute atomic E-state index is 0.140. The number of carbonyl (C=O) groups excluding carboxylic acids is 1. The molecule has 1 unspecified atom stereocenters. The summed E-state index contributed by atoms with van der Waals surface area (Å²) in [7, 11) is 0. The first-order valence-corrected chi connectivity index (χ1v) is 11.7. The molecule has 2 aliphatic heterocycles. The van der Waals surface area contributed by atoms with E-state index < -0.39 is 17.8 Å². The van der Waals surface area contributed by atoms with Gasteiger partial charge in [-0.3, -0.25) is 9.20 Å². The molecule has 0 spiro atoms. The predicted molar refractivity (Wildman–Crippen MR) is 130 cm³/mol. The monoisotopic (exact) mass is 503 g/mol. The van der Waals surface area contributed by atoms with Crippen molar-refractivity contribution in [1.29, 1.82) is 0 Å². The Balaban J connectivity index is 1.43. The average Bonchev–Trinajstić information content (AvgIpc) is 3.63. The van der Waals surface area contributed by atoms with Gasteiger partial charge in [0.2, 0.25) is 0 Å². The number of hydrogen-bond donors (Lipinski definition) is 3. The molecule has 11 heteroatoms. The van der Waals surface area contributed by atoms with E-state index in [1.807, 2.05) is 6.07 Å². The first-order valence-electron chi connectivity index (χ1n) is 11.7. The topological polar surface area (TPSA) is 129 Å². The molecule has 6 rings (SSSR count). The number of hydrogen-bond acceptors (Lipinski definition) is 7. The molecular weight excluding hydrogens is 481 g/mol. The summed E-state index contributed by atoms with van der Waals surface area (Å²) in [6.07, 6.45) is 2.59. The number of aromatic nitrogens is 3. The number of aliphatic hydroxyl groups is 1. The van der Waals surface area contributed by atoms with Crippen LogP contribution in [0.4, 0.5) is 20.7 Å². The van der Waals surface area contributed by atoms with Gasteiger partial charge in [-0.25, -0.2) is 24.1 Å². The van der Waals surface area contributed by atoms with Crippen molar-refractivity contribution >= 4 is 29.2 Å². The van der Waals surface area contributed by atoms with Crippen LogP contribution in [0.5, 0.6) is 0 Å². The number of carbonyl (C=O) groups is 2. The van der Waals surface area contributed by atoms with E-state index in [1.54, 1.807) is 28.8 Å². The number of nitrogens with zero attached hydrogens (tertiary/aromatic N) is 4. The number of fused-ring (bicyclic) bond motifs is 2. The van der Waals surface area contributed by atoms with Gasteiger partial charge in [0.05, 0.1) is 48.6 Å². The van der Waals surface area contributed by atoms with E-state index in [2.05, 4.69) is 15.3 Å². The standard InChI is InChI=1S/C26H22FN5O5/c27-15-5-7-31-21(10-28-23(31)9-15)17-1-3-19(24-18(17)11-32(25(24)34)26(35)36)29-22-4-2-16(20(12-33)30-22)14-6-8-37-13-14/h1-5,7,9-10,14,33H,6,8,11-13H2,(H,29,30)(H,35,36). The van der Waals surface area contributed by atoms with Crippen LogP contribution in [-0.4, -0.2) is 54.7 Å². The van der Waals surface area contributed by atoms with E-state index in [4.69, 9.17) is 4.74 Å². The first kappa shape index (κ1) is 23.1. The molecule has 1 saturated heterocycles. The summed E-state index contributed by atoms with van der Waals surface area (Å²) in [5.41, 5.74) is 4.13.